The van der Waals surface area contributed by atoms with E-state index < -0.39 is 0 Å². The molecule has 0 saturated heterocycles. The maximum absolute atomic E-state index is 12.9. The first-order valence-electron chi connectivity index (χ1n) is 5.98. The Morgan fingerprint density at radius 1 is 1.26 bits per heavy atom. The van der Waals surface area contributed by atoms with Crippen LogP contribution >= 0.6 is 0 Å². The number of aryl methyl sites for hydroxylation is 1. The third kappa shape index (κ3) is 1.98. The van der Waals surface area contributed by atoms with Crippen LogP contribution in [-0.4, -0.2) is 14.4 Å². The molecule has 96 valence electrons. The third-order valence-corrected chi connectivity index (χ3v) is 3.12. The minimum absolute atomic E-state index is 0.351. The SMILES string of the molecule is Cc1c(-c2ccc(F)cn2)nc2ccc(CN)cn12. The molecule has 0 aliphatic heterocycles. The van der Waals surface area contributed by atoms with Crippen LogP contribution < -0.4 is 5.73 Å². The topological polar surface area (TPSA) is 56.2 Å². The molecule has 3 aromatic heterocycles. The number of rotatable bonds is 2. The molecule has 2 N–H and O–H groups in total. The minimum Gasteiger partial charge on any atom is -0.326 e. The molecular weight excluding hydrogens is 243 g/mol. The highest BCUT2D eigenvalue weighted by Gasteiger charge is 2.11. The minimum atomic E-state index is -0.351. The van der Waals surface area contributed by atoms with Gasteiger partial charge in [-0.25, -0.2) is 9.37 Å². The van der Waals surface area contributed by atoms with Crippen LogP contribution in [0.5, 0.6) is 0 Å². The van der Waals surface area contributed by atoms with Crippen molar-refractivity contribution in [2.24, 2.45) is 5.73 Å². The van der Waals surface area contributed by atoms with E-state index in [0.29, 0.717) is 12.2 Å². The first-order valence-corrected chi connectivity index (χ1v) is 5.98. The molecule has 0 atom stereocenters. The zero-order valence-electron chi connectivity index (χ0n) is 10.5. The Morgan fingerprint density at radius 3 is 2.79 bits per heavy atom. The van der Waals surface area contributed by atoms with E-state index in [9.17, 15) is 4.39 Å². The molecule has 0 spiro atoms. The molecule has 19 heavy (non-hydrogen) atoms. The zero-order valence-corrected chi connectivity index (χ0v) is 10.5. The summed E-state index contributed by atoms with van der Waals surface area (Å²) in [6.45, 7) is 2.44. The van der Waals surface area contributed by atoms with Crippen LogP contribution in [0, 0.1) is 12.7 Å². The highest BCUT2D eigenvalue weighted by molar-refractivity contribution is 5.63. The van der Waals surface area contributed by atoms with Gasteiger partial charge in [-0.2, -0.15) is 0 Å². The zero-order chi connectivity index (χ0) is 13.4. The Bertz CT molecular complexity index is 731. The molecule has 3 aromatic rings. The predicted octanol–water partition coefficient (Wildman–Crippen LogP) is 2.30. The monoisotopic (exact) mass is 256 g/mol. The predicted molar refractivity (Wildman–Crippen MR) is 71.0 cm³/mol. The van der Waals surface area contributed by atoms with E-state index in [-0.39, 0.29) is 5.82 Å². The van der Waals surface area contributed by atoms with Gasteiger partial charge in [0, 0.05) is 18.4 Å². The van der Waals surface area contributed by atoms with Gasteiger partial charge in [0.25, 0.3) is 0 Å². The number of aromatic nitrogens is 3. The molecule has 0 fully saturated rings. The summed E-state index contributed by atoms with van der Waals surface area (Å²) in [7, 11) is 0. The fourth-order valence-electron chi connectivity index (χ4n) is 2.09. The van der Waals surface area contributed by atoms with Gasteiger partial charge in [0.2, 0.25) is 0 Å². The van der Waals surface area contributed by atoms with Crippen molar-refractivity contribution < 1.29 is 4.39 Å². The van der Waals surface area contributed by atoms with Crippen molar-refractivity contribution in [3.05, 3.63) is 53.7 Å². The van der Waals surface area contributed by atoms with E-state index in [4.69, 9.17) is 5.73 Å². The number of imidazole rings is 1. The van der Waals surface area contributed by atoms with Crippen LogP contribution in [0.1, 0.15) is 11.3 Å². The van der Waals surface area contributed by atoms with Crippen molar-refractivity contribution in [1.82, 2.24) is 14.4 Å². The number of fused-ring (bicyclic) bond motifs is 1. The Kier molecular flexibility index (Phi) is 2.76. The Hall–Kier alpha value is -2.27. The molecule has 5 heteroatoms. The smallest absolute Gasteiger partial charge is 0.141 e. The van der Waals surface area contributed by atoms with Gasteiger partial charge in [-0.15, -0.1) is 0 Å². The van der Waals surface area contributed by atoms with Crippen LogP contribution in [0.2, 0.25) is 0 Å². The summed E-state index contributed by atoms with van der Waals surface area (Å²) in [6.07, 6.45) is 3.16. The highest BCUT2D eigenvalue weighted by atomic mass is 19.1. The summed E-state index contributed by atoms with van der Waals surface area (Å²) in [5.74, 6) is -0.351. The lowest BCUT2D eigenvalue weighted by Gasteiger charge is -2.01. The van der Waals surface area contributed by atoms with Gasteiger partial charge in [0.05, 0.1) is 11.9 Å². The molecule has 0 radical (unpaired) electrons. The molecule has 0 aliphatic rings. The Morgan fingerprint density at radius 2 is 2.11 bits per heavy atom. The summed E-state index contributed by atoms with van der Waals surface area (Å²) in [5.41, 5.74) is 9.89. The van der Waals surface area contributed by atoms with Crippen molar-refractivity contribution >= 4 is 5.65 Å². The van der Waals surface area contributed by atoms with E-state index in [2.05, 4.69) is 9.97 Å². The van der Waals surface area contributed by atoms with Crippen molar-refractivity contribution in [1.29, 1.82) is 0 Å². The third-order valence-electron chi connectivity index (χ3n) is 3.12. The van der Waals surface area contributed by atoms with E-state index in [0.717, 1.165) is 22.6 Å². The van der Waals surface area contributed by atoms with Gasteiger partial charge in [0.15, 0.2) is 0 Å². The molecule has 0 aromatic carbocycles. The quantitative estimate of drug-likeness (QED) is 0.765. The second-order valence-corrected chi connectivity index (χ2v) is 4.38. The molecule has 0 aliphatic carbocycles. The number of hydrogen-bond acceptors (Lipinski definition) is 3. The second-order valence-electron chi connectivity index (χ2n) is 4.38. The molecular formula is C14H13FN4. The maximum Gasteiger partial charge on any atom is 0.141 e. The summed E-state index contributed by atoms with van der Waals surface area (Å²) < 4.78 is 14.9. The molecule has 0 unspecified atom stereocenters. The average molecular weight is 256 g/mol. The fraction of sp³-hybridized carbons (Fsp3) is 0.143. The summed E-state index contributed by atoms with van der Waals surface area (Å²) in [5, 5.41) is 0. The second kappa shape index (κ2) is 4.44. The first kappa shape index (κ1) is 11.8. The van der Waals surface area contributed by atoms with Gasteiger partial charge in [-0.3, -0.25) is 4.98 Å². The van der Waals surface area contributed by atoms with Crippen LogP contribution in [0.3, 0.4) is 0 Å². The fourth-order valence-corrected chi connectivity index (χ4v) is 2.09. The van der Waals surface area contributed by atoms with E-state index in [1.54, 1.807) is 6.07 Å². The van der Waals surface area contributed by atoms with Crippen molar-refractivity contribution in [3.63, 3.8) is 0 Å². The Balaban J connectivity index is 2.19. The first-order chi connectivity index (χ1) is 9.19. The van der Waals surface area contributed by atoms with Crippen molar-refractivity contribution in [2.45, 2.75) is 13.5 Å². The molecule has 0 amide bonds. The standard InChI is InChI=1S/C14H13FN4/c1-9-14(12-4-3-11(15)7-17-12)18-13-5-2-10(6-16)8-19(9)13/h2-5,7-8H,6,16H2,1H3. The number of nitrogens with zero attached hydrogens (tertiary/aromatic N) is 3. The van der Waals surface area contributed by atoms with Crippen LogP contribution in [0.4, 0.5) is 4.39 Å². The summed E-state index contributed by atoms with van der Waals surface area (Å²) in [4.78, 5) is 8.60. The lowest BCUT2D eigenvalue weighted by atomic mass is 10.2. The number of halogens is 1. The molecule has 4 nitrogen and oxygen atoms in total. The van der Waals surface area contributed by atoms with E-state index >= 15 is 0 Å². The van der Waals surface area contributed by atoms with Crippen molar-refractivity contribution in [2.75, 3.05) is 0 Å². The summed E-state index contributed by atoms with van der Waals surface area (Å²) >= 11 is 0. The van der Waals surface area contributed by atoms with Crippen molar-refractivity contribution in [3.8, 4) is 11.4 Å². The lowest BCUT2D eigenvalue weighted by molar-refractivity contribution is 0.622. The number of pyridine rings is 2. The number of nitrogens with two attached hydrogens (primary N) is 1. The van der Waals surface area contributed by atoms with Crippen LogP contribution in [-0.2, 0) is 6.54 Å². The lowest BCUT2D eigenvalue weighted by Crippen LogP contribution is -1.98. The van der Waals surface area contributed by atoms with Crippen LogP contribution in [0.15, 0.2) is 36.7 Å². The summed E-state index contributed by atoms with van der Waals surface area (Å²) in [6, 6.07) is 6.89. The normalized spacial score (nSPS) is 11.1. The van der Waals surface area contributed by atoms with Gasteiger partial charge >= 0.3 is 0 Å². The van der Waals surface area contributed by atoms with Crippen LogP contribution in [0.25, 0.3) is 17.0 Å². The molecule has 3 heterocycles. The number of hydrogen-bond donors (Lipinski definition) is 1. The van der Waals surface area contributed by atoms with E-state index in [1.165, 1.54) is 12.3 Å². The maximum atomic E-state index is 12.9. The Labute approximate surface area is 109 Å². The highest BCUT2D eigenvalue weighted by Crippen LogP contribution is 2.22. The largest absolute Gasteiger partial charge is 0.326 e. The van der Waals surface area contributed by atoms with Gasteiger partial charge in [0.1, 0.15) is 17.2 Å². The van der Waals surface area contributed by atoms with Gasteiger partial charge < -0.3 is 10.1 Å². The molecule has 0 saturated carbocycles. The van der Waals surface area contributed by atoms with Gasteiger partial charge in [-0.1, -0.05) is 6.07 Å². The molecule has 0 bridgehead atoms. The average Bonchev–Trinajstić information content (AvgIpc) is 2.76. The molecule has 3 rings (SSSR count). The van der Waals surface area contributed by atoms with E-state index in [1.807, 2.05) is 29.7 Å². The van der Waals surface area contributed by atoms with Gasteiger partial charge in [-0.05, 0) is 30.7 Å².